The fourth-order valence-electron chi connectivity index (χ4n) is 2.53. The summed E-state index contributed by atoms with van der Waals surface area (Å²) in [6.07, 6.45) is 1.91. The lowest BCUT2D eigenvalue weighted by Crippen LogP contribution is -2.30. The smallest absolute Gasteiger partial charge is 0.337 e. The Morgan fingerprint density at radius 2 is 1.96 bits per heavy atom. The molecule has 3 rings (SSSR count). The predicted octanol–water partition coefficient (Wildman–Crippen LogP) is 3.89. The summed E-state index contributed by atoms with van der Waals surface area (Å²) in [4.78, 5) is 27.5. The first-order valence-corrected chi connectivity index (χ1v) is 8.28. The maximum atomic E-state index is 12.7. The Kier molecular flexibility index (Phi) is 4.44. The first-order valence-electron chi connectivity index (χ1n) is 7.47. The lowest BCUT2D eigenvalue weighted by molar-refractivity contribution is -0.114. The number of carbonyl (C=O) groups is 2. The van der Waals surface area contributed by atoms with Crippen LogP contribution in [0.5, 0.6) is 0 Å². The number of rotatable bonds is 2. The number of fused-ring (bicyclic) bond motifs is 1. The van der Waals surface area contributed by atoms with Crippen molar-refractivity contribution in [1.29, 1.82) is 0 Å². The van der Waals surface area contributed by atoms with Gasteiger partial charge in [0.15, 0.2) is 0 Å². The van der Waals surface area contributed by atoms with E-state index >= 15 is 0 Å². The van der Waals surface area contributed by atoms with Crippen molar-refractivity contribution in [2.24, 2.45) is 0 Å². The van der Waals surface area contributed by atoms with Gasteiger partial charge in [0, 0.05) is 11.9 Å². The van der Waals surface area contributed by atoms with Crippen LogP contribution in [0.2, 0.25) is 0 Å². The first kappa shape index (κ1) is 16.3. The Labute approximate surface area is 145 Å². The van der Waals surface area contributed by atoms with Gasteiger partial charge in [0.1, 0.15) is 0 Å². The highest BCUT2D eigenvalue weighted by Gasteiger charge is 2.27. The fourth-order valence-corrected chi connectivity index (χ4v) is 3.61. The van der Waals surface area contributed by atoms with Crippen LogP contribution in [0.15, 0.2) is 52.3 Å². The molecular weight excluding hydrogens is 322 g/mol. The third-order valence-corrected chi connectivity index (χ3v) is 5.03. The molecule has 0 atom stereocenters. The zero-order valence-electron chi connectivity index (χ0n) is 13.7. The van der Waals surface area contributed by atoms with E-state index < -0.39 is 5.97 Å². The van der Waals surface area contributed by atoms with Gasteiger partial charge in [0.25, 0.3) is 5.91 Å². The number of hydrogen-bond donors (Lipinski definition) is 0. The number of amides is 1. The molecule has 0 aliphatic carbocycles. The quantitative estimate of drug-likeness (QED) is 0.615. The van der Waals surface area contributed by atoms with Crippen LogP contribution in [0.3, 0.4) is 0 Å². The number of methoxy groups -OCH3 is 1. The Bertz CT molecular complexity index is 857. The van der Waals surface area contributed by atoms with Crippen molar-refractivity contribution < 1.29 is 14.3 Å². The Morgan fingerprint density at radius 3 is 2.67 bits per heavy atom. The Hall–Kier alpha value is -2.53. The highest BCUT2D eigenvalue weighted by molar-refractivity contribution is 8.04. The minimum atomic E-state index is -0.412. The SMILES string of the molecule is COC(=O)c1ccc2c(c1)N(C)C(=O)C(=Cc1ccccc1C)S2. The molecule has 4 nitrogen and oxygen atoms in total. The van der Waals surface area contributed by atoms with Gasteiger partial charge in [-0.2, -0.15) is 0 Å². The highest BCUT2D eigenvalue weighted by Crippen LogP contribution is 2.42. The molecule has 0 N–H and O–H groups in total. The van der Waals surface area contributed by atoms with Crippen molar-refractivity contribution in [3.05, 3.63) is 64.1 Å². The van der Waals surface area contributed by atoms with Gasteiger partial charge in [0.05, 0.1) is 23.3 Å². The van der Waals surface area contributed by atoms with Gasteiger partial charge in [-0.15, -0.1) is 0 Å². The van der Waals surface area contributed by atoms with Crippen molar-refractivity contribution >= 4 is 35.4 Å². The molecule has 0 fully saturated rings. The second-order valence-corrected chi connectivity index (χ2v) is 6.59. The number of ether oxygens (including phenoxy) is 1. The van der Waals surface area contributed by atoms with Gasteiger partial charge in [-0.1, -0.05) is 36.0 Å². The van der Waals surface area contributed by atoms with Crippen LogP contribution in [-0.4, -0.2) is 26.0 Å². The molecule has 0 saturated carbocycles. The molecule has 0 unspecified atom stereocenters. The van der Waals surface area contributed by atoms with E-state index in [1.807, 2.05) is 43.3 Å². The molecular formula is C19H17NO3S. The van der Waals surface area contributed by atoms with E-state index in [9.17, 15) is 9.59 Å². The van der Waals surface area contributed by atoms with Crippen molar-refractivity contribution in [3.8, 4) is 0 Å². The number of carbonyl (C=O) groups excluding carboxylic acids is 2. The molecule has 1 aliphatic rings. The van der Waals surface area contributed by atoms with E-state index in [2.05, 4.69) is 0 Å². The molecule has 1 aliphatic heterocycles. The van der Waals surface area contributed by atoms with Crippen molar-refractivity contribution in [2.75, 3.05) is 19.1 Å². The molecule has 1 amide bonds. The molecule has 24 heavy (non-hydrogen) atoms. The van der Waals surface area contributed by atoms with Crippen LogP contribution in [0.4, 0.5) is 5.69 Å². The molecule has 2 aromatic carbocycles. The van der Waals surface area contributed by atoms with Gasteiger partial charge in [0.2, 0.25) is 0 Å². The summed E-state index contributed by atoms with van der Waals surface area (Å²) in [5.41, 5.74) is 3.29. The van der Waals surface area contributed by atoms with Crippen LogP contribution in [0, 0.1) is 6.92 Å². The van der Waals surface area contributed by atoms with E-state index in [0.29, 0.717) is 10.5 Å². The summed E-state index contributed by atoms with van der Waals surface area (Å²) in [6.45, 7) is 2.02. The number of benzene rings is 2. The predicted molar refractivity (Wildman–Crippen MR) is 96.2 cm³/mol. The van der Waals surface area contributed by atoms with Crippen LogP contribution >= 0.6 is 11.8 Å². The minimum absolute atomic E-state index is 0.0854. The fraction of sp³-hybridized carbons (Fsp3) is 0.158. The van der Waals surface area contributed by atoms with E-state index in [-0.39, 0.29) is 5.91 Å². The Balaban J connectivity index is 2.01. The lowest BCUT2D eigenvalue weighted by atomic mass is 10.1. The lowest BCUT2D eigenvalue weighted by Gasteiger charge is -2.27. The average Bonchev–Trinajstić information content (AvgIpc) is 2.60. The Morgan fingerprint density at radius 1 is 1.21 bits per heavy atom. The number of likely N-dealkylation sites (N-methyl/N-ethyl adjacent to an activating group) is 1. The number of esters is 1. The molecule has 0 saturated heterocycles. The third kappa shape index (κ3) is 2.95. The van der Waals surface area contributed by atoms with Gasteiger partial charge >= 0.3 is 5.97 Å². The largest absolute Gasteiger partial charge is 0.465 e. The van der Waals surface area contributed by atoms with E-state index in [1.165, 1.54) is 18.9 Å². The second kappa shape index (κ2) is 6.53. The second-order valence-electron chi connectivity index (χ2n) is 5.51. The van der Waals surface area contributed by atoms with Gasteiger partial charge in [-0.25, -0.2) is 4.79 Å². The van der Waals surface area contributed by atoms with Crippen molar-refractivity contribution in [3.63, 3.8) is 0 Å². The number of anilines is 1. The zero-order valence-corrected chi connectivity index (χ0v) is 14.5. The summed E-state index contributed by atoms with van der Waals surface area (Å²) in [5, 5.41) is 0. The summed E-state index contributed by atoms with van der Waals surface area (Å²) >= 11 is 1.42. The molecule has 0 radical (unpaired) electrons. The van der Waals surface area contributed by atoms with E-state index in [4.69, 9.17) is 4.74 Å². The van der Waals surface area contributed by atoms with Crippen molar-refractivity contribution in [2.45, 2.75) is 11.8 Å². The van der Waals surface area contributed by atoms with Crippen molar-refractivity contribution in [1.82, 2.24) is 0 Å². The highest BCUT2D eigenvalue weighted by atomic mass is 32.2. The summed E-state index contributed by atoms with van der Waals surface area (Å²) in [7, 11) is 3.06. The first-order chi connectivity index (χ1) is 11.5. The van der Waals surface area contributed by atoms with Crippen LogP contribution < -0.4 is 4.90 Å². The van der Waals surface area contributed by atoms with Crippen LogP contribution in [-0.2, 0) is 9.53 Å². The third-order valence-electron chi connectivity index (χ3n) is 3.95. The molecule has 122 valence electrons. The summed E-state index contributed by atoms with van der Waals surface area (Å²) in [5.74, 6) is -0.498. The van der Waals surface area contributed by atoms with Gasteiger partial charge in [-0.05, 0) is 42.3 Å². The number of hydrogen-bond acceptors (Lipinski definition) is 4. The normalized spacial score (nSPS) is 15.4. The molecule has 5 heteroatoms. The van der Waals surface area contributed by atoms with Gasteiger partial charge in [-0.3, -0.25) is 4.79 Å². The number of aryl methyl sites for hydroxylation is 1. The standard InChI is InChI=1S/C19H17NO3S/c1-12-6-4-5-7-13(12)11-17-18(21)20(2)15-10-14(19(22)23-3)8-9-16(15)24-17/h4-11H,1-3H3. The van der Waals surface area contributed by atoms with E-state index in [0.717, 1.165) is 21.7 Å². The van der Waals surface area contributed by atoms with Crippen LogP contribution in [0.25, 0.3) is 6.08 Å². The zero-order chi connectivity index (χ0) is 17.3. The summed E-state index contributed by atoms with van der Waals surface area (Å²) < 4.78 is 4.74. The monoisotopic (exact) mass is 339 g/mol. The molecule has 1 heterocycles. The molecule has 0 spiro atoms. The van der Waals surface area contributed by atoms with Gasteiger partial charge < -0.3 is 9.64 Å². The number of nitrogens with zero attached hydrogens (tertiary/aromatic N) is 1. The molecule has 0 bridgehead atoms. The molecule has 2 aromatic rings. The maximum absolute atomic E-state index is 12.7. The average molecular weight is 339 g/mol. The van der Waals surface area contributed by atoms with E-state index in [1.54, 1.807) is 24.1 Å². The topological polar surface area (TPSA) is 46.6 Å². The van der Waals surface area contributed by atoms with Crippen LogP contribution in [0.1, 0.15) is 21.5 Å². The number of thioether (sulfide) groups is 1. The molecule has 0 aromatic heterocycles. The maximum Gasteiger partial charge on any atom is 0.337 e. The summed E-state index contributed by atoms with van der Waals surface area (Å²) in [6, 6.07) is 13.2. The minimum Gasteiger partial charge on any atom is -0.465 e.